The molecule has 9 aromatic carbocycles. The third kappa shape index (κ3) is 6.37. The van der Waals surface area contributed by atoms with Crippen LogP contribution < -0.4 is 0 Å². The van der Waals surface area contributed by atoms with E-state index in [9.17, 15) is 0 Å². The monoisotopic (exact) mass is 792 g/mol. The van der Waals surface area contributed by atoms with Crippen LogP contribution in [0.3, 0.4) is 0 Å². The predicted octanol–water partition coefficient (Wildman–Crippen LogP) is 14.0. The van der Waals surface area contributed by atoms with Crippen molar-refractivity contribution in [2.75, 3.05) is 0 Å². The number of hydrogen-bond donors (Lipinski definition) is 0. The topological polar surface area (TPSA) is 43.6 Å². The van der Waals surface area contributed by atoms with Crippen LogP contribution in [0.4, 0.5) is 0 Å². The first-order valence-electron chi connectivity index (χ1n) is 21.0. The molecule has 0 saturated carbocycles. The van der Waals surface area contributed by atoms with Gasteiger partial charge in [0.05, 0.1) is 22.1 Å². The molecule has 0 aliphatic heterocycles. The van der Waals surface area contributed by atoms with E-state index in [-0.39, 0.29) is 0 Å². The first-order valence-corrected chi connectivity index (χ1v) is 21.0. The number of nitrogens with zero attached hydrogens (tertiary/aromatic N) is 4. The van der Waals surface area contributed by atoms with E-state index in [0.717, 1.165) is 44.5 Å². The third-order valence-corrected chi connectivity index (χ3v) is 12.0. The van der Waals surface area contributed by atoms with Gasteiger partial charge >= 0.3 is 0 Å². The van der Waals surface area contributed by atoms with Gasteiger partial charge in [0.25, 0.3) is 0 Å². The number of rotatable bonds is 9. The van der Waals surface area contributed by atoms with Crippen molar-refractivity contribution in [2.24, 2.45) is 0 Å². The molecule has 2 heterocycles. The minimum absolute atomic E-state index is 0.588. The Labute approximate surface area is 361 Å². The minimum atomic E-state index is -0.588. The molecular formula is C58H40N4. The number of benzene rings is 9. The maximum atomic E-state index is 5.31. The Morgan fingerprint density at radius 1 is 0.290 bits per heavy atom. The van der Waals surface area contributed by atoms with E-state index in [1.807, 2.05) is 36.4 Å². The molecule has 62 heavy (non-hydrogen) atoms. The molecule has 11 aromatic rings. The van der Waals surface area contributed by atoms with E-state index in [1.54, 1.807) is 0 Å². The second-order valence-corrected chi connectivity index (χ2v) is 15.6. The molecule has 0 aliphatic carbocycles. The molecular weight excluding hydrogens is 753 g/mol. The quantitative estimate of drug-likeness (QED) is 0.137. The van der Waals surface area contributed by atoms with Crippen molar-refractivity contribution < 1.29 is 0 Å². The lowest BCUT2D eigenvalue weighted by atomic mass is 9.65. The van der Waals surface area contributed by atoms with Crippen molar-refractivity contribution in [1.82, 2.24) is 19.5 Å². The molecule has 292 valence electrons. The van der Waals surface area contributed by atoms with Crippen molar-refractivity contribution >= 4 is 21.8 Å². The Kier molecular flexibility index (Phi) is 9.36. The molecule has 0 bridgehead atoms. The zero-order valence-corrected chi connectivity index (χ0v) is 33.9. The smallest absolute Gasteiger partial charge is 0.166 e. The molecule has 4 nitrogen and oxygen atoms in total. The largest absolute Gasteiger partial charge is 0.309 e. The molecule has 0 N–H and O–H groups in total. The van der Waals surface area contributed by atoms with Gasteiger partial charge in [-0.05, 0) is 63.7 Å². The van der Waals surface area contributed by atoms with Gasteiger partial charge in [-0.15, -0.1) is 0 Å². The Morgan fingerprint density at radius 2 is 0.677 bits per heavy atom. The van der Waals surface area contributed by atoms with Gasteiger partial charge in [-0.2, -0.15) is 0 Å². The average molecular weight is 793 g/mol. The number of aromatic nitrogens is 4. The maximum absolute atomic E-state index is 5.31. The van der Waals surface area contributed by atoms with Gasteiger partial charge < -0.3 is 4.57 Å². The van der Waals surface area contributed by atoms with Crippen LogP contribution in [0.1, 0.15) is 22.3 Å². The lowest BCUT2D eigenvalue weighted by molar-refractivity contribution is 0.745. The second-order valence-electron chi connectivity index (χ2n) is 15.6. The number of para-hydroxylation sites is 2. The Bertz CT molecular complexity index is 3120. The van der Waals surface area contributed by atoms with Gasteiger partial charge in [-0.1, -0.05) is 212 Å². The molecule has 2 aromatic heterocycles. The Balaban J connectivity index is 1.19. The first-order chi connectivity index (χ1) is 30.8. The predicted molar refractivity (Wildman–Crippen MR) is 254 cm³/mol. The molecule has 0 spiro atoms. The zero-order valence-electron chi connectivity index (χ0n) is 33.9. The van der Waals surface area contributed by atoms with Crippen molar-refractivity contribution in [3.05, 3.63) is 265 Å². The standard InChI is InChI=1S/C58H40N4/c1-6-21-41(22-7-1)55-59-56(42-23-8-2-9-24-42)61-57(60-55)51-40-44(37-38-54(51)62-52-35-18-16-33-49(52)50-34-17-19-36-53(50)62)43-25-20-32-48(39-43)58(45-26-10-3-11-27-45,46-28-12-4-13-29-46)47-30-14-5-15-31-47/h1-40H. The van der Waals surface area contributed by atoms with Crippen LogP contribution in [0.25, 0.3) is 72.8 Å². The van der Waals surface area contributed by atoms with E-state index in [4.69, 9.17) is 15.0 Å². The third-order valence-electron chi connectivity index (χ3n) is 12.0. The van der Waals surface area contributed by atoms with Gasteiger partial charge in [0.1, 0.15) is 0 Å². The van der Waals surface area contributed by atoms with Crippen LogP contribution >= 0.6 is 0 Å². The summed E-state index contributed by atoms with van der Waals surface area (Å²) in [5, 5.41) is 2.38. The van der Waals surface area contributed by atoms with Crippen molar-refractivity contribution in [3.8, 4) is 51.0 Å². The fraction of sp³-hybridized carbons (Fsp3) is 0.0172. The van der Waals surface area contributed by atoms with Crippen LogP contribution in [0.15, 0.2) is 243 Å². The molecule has 0 aliphatic rings. The zero-order chi connectivity index (χ0) is 41.3. The van der Waals surface area contributed by atoms with Crippen LogP contribution in [0.5, 0.6) is 0 Å². The lowest BCUT2D eigenvalue weighted by Crippen LogP contribution is -2.31. The number of hydrogen-bond acceptors (Lipinski definition) is 3. The van der Waals surface area contributed by atoms with Gasteiger partial charge in [0, 0.05) is 27.5 Å². The molecule has 0 saturated heterocycles. The summed E-state index contributed by atoms with van der Waals surface area (Å²) in [6.07, 6.45) is 0. The summed E-state index contributed by atoms with van der Waals surface area (Å²) in [7, 11) is 0. The summed E-state index contributed by atoms with van der Waals surface area (Å²) in [6, 6.07) is 86.0. The summed E-state index contributed by atoms with van der Waals surface area (Å²) < 4.78 is 2.36. The molecule has 0 amide bonds. The van der Waals surface area contributed by atoms with Crippen LogP contribution in [0, 0.1) is 0 Å². The molecule has 4 heteroatoms. The highest BCUT2D eigenvalue weighted by Gasteiger charge is 2.38. The van der Waals surface area contributed by atoms with E-state index in [1.165, 1.54) is 33.0 Å². The summed E-state index contributed by atoms with van der Waals surface area (Å²) in [6.45, 7) is 0. The van der Waals surface area contributed by atoms with Gasteiger partial charge in [0.2, 0.25) is 0 Å². The van der Waals surface area contributed by atoms with Crippen molar-refractivity contribution in [3.63, 3.8) is 0 Å². The molecule has 0 atom stereocenters. The molecule has 11 rings (SSSR count). The van der Waals surface area contributed by atoms with Crippen molar-refractivity contribution in [2.45, 2.75) is 5.41 Å². The second kappa shape index (κ2) is 15.8. The average Bonchev–Trinajstić information content (AvgIpc) is 3.70. The SMILES string of the molecule is c1ccc(-c2nc(-c3ccccc3)nc(-c3cc(-c4cccc(C(c5ccccc5)(c5ccccc5)c5ccccc5)c4)ccc3-n3c4ccccc4c4ccccc43)n2)cc1. The normalized spacial score (nSPS) is 11.5. The maximum Gasteiger partial charge on any atom is 0.166 e. The van der Waals surface area contributed by atoms with E-state index >= 15 is 0 Å². The van der Waals surface area contributed by atoms with Gasteiger partial charge in [-0.3, -0.25) is 0 Å². The summed E-state index contributed by atoms with van der Waals surface area (Å²) in [4.78, 5) is 15.7. The van der Waals surface area contributed by atoms with E-state index in [0.29, 0.717) is 17.5 Å². The lowest BCUT2D eigenvalue weighted by Gasteiger charge is -2.37. The Hall–Kier alpha value is -8.21. The number of fused-ring (bicyclic) bond motifs is 3. The molecule has 0 fully saturated rings. The van der Waals surface area contributed by atoms with Gasteiger partial charge in [0.15, 0.2) is 17.5 Å². The fourth-order valence-electron chi connectivity index (χ4n) is 9.20. The minimum Gasteiger partial charge on any atom is -0.309 e. The van der Waals surface area contributed by atoms with Crippen molar-refractivity contribution in [1.29, 1.82) is 0 Å². The molecule has 0 unspecified atom stereocenters. The van der Waals surface area contributed by atoms with Crippen LogP contribution in [-0.4, -0.2) is 19.5 Å². The summed E-state index contributed by atoms with van der Waals surface area (Å²) >= 11 is 0. The highest BCUT2D eigenvalue weighted by atomic mass is 15.1. The summed E-state index contributed by atoms with van der Waals surface area (Å²) in [5.41, 5.74) is 12.3. The Morgan fingerprint density at radius 3 is 1.18 bits per heavy atom. The van der Waals surface area contributed by atoms with E-state index in [2.05, 4.69) is 211 Å². The fourth-order valence-corrected chi connectivity index (χ4v) is 9.20. The van der Waals surface area contributed by atoms with Crippen LogP contribution in [0.2, 0.25) is 0 Å². The first kappa shape index (κ1) is 36.8. The molecule has 0 radical (unpaired) electrons. The summed E-state index contributed by atoms with van der Waals surface area (Å²) in [5.74, 6) is 1.83. The van der Waals surface area contributed by atoms with Gasteiger partial charge in [-0.25, -0.2) is 15.0 Å². The highest BCUT2D eigenvalue weighted by Crippen LogP contribution is 2.46. The van der Waals surface area contributed by atoms with E-state index < -0.39 is 5.41 Å². The highest BCUT2D eigenvalue weighted by molar-refractivity contribution is 6.09. The van der Waals surface area contributed by atoms with Crippen LogP contribution in [-0.2, 0) is 5.41 Å².